The molecule has 0 saturated heterocycles. The summed E-state index contributed by atoms with van der Waals surface area (Å²) in [7, 11) is 0. The second-order valence-electron chi connectivity index (χ2n) is 7.02. The third-order valence-electron chi connectivity index (χ3n) is 5.01. The van der Waals surface area contributed by atoms with Gasteiger partial charge in [-0.3, -0.25) is 9.59 Å². The number of carbonyl (C=O) groups excluding carboxylic acids is 2. The van der Waals surface area contributed by atoms with Crippen LogP contribution in [0.25, 0.3) is 10.2 Å². The van der Waals surface area contributed by atoms with Gasteiger partial charge in [0, 0.05) is 6.42 Å². The van der Waals surface area contributed by atoms with E-state index in [0.717, 1.165) is 42.6 Å². The summed E-state index contributed by atoms with van der Waals surface area (Å²) in [4.78, 5) is 28.2. The Kier molecular flexibility index (Phi) is 5.37. The molecule has 1 aliphatic rings. The van der Waals surface area contributed by atoms with Gasteiger partial charge in [-0.1, -0.05) is 31.4 Å². The van der Waals surface area contributed by atoms with E-state index >= 15 is 0 Å². The van der Waals surface area contributed by atoms with Gasteiger partial charge in [-0.25, -0.2) is 4.98 Å². The number of para-hydroxylation sites is 1. The minimum Gasteiger partial charge on any atom is -0.453 e. The fourth-order valence-electron chi connectivity index (χ4n) is 3.64. The summed E-state index contributed by atoms with van der Waals surface area (Å²) in [5, 5.41) is 1.07. The third-order valence-corrected chi connectivity index (χ3v) is 6.04. The largest absolute Gasteiger partial charge is 0.453 e. The van der Waals surface area contributed by atoms with E-state index in [1.165, 1.54) is 18.0 Å². The molecule has 1 aliphatic carbocycles. The zero-order valence-corrected chi connectivity index (χ0v) is 15.3. The number of aromatic nitrogens is 1. The highest BCUT2D eigenvalue weighted by atomic mass is 32.1. The molecule has 0 unspecified atom stereocenters. The molecule has 1 saturated carbocycles. The maximum absolute atomic E-state index is 12.3. The summed E-state index contributed by atoms with van der Waals surface area (Å²) in [5.74, 6) is -0.952. The van der Waals surface area contributed by atoms with E-state index in [0.29, 0.717) is 6.42 Å². The molecule has 0 spiro atoms. The van der Waals surface area contributed by atoms with E-state index < -0.39 is 12.0 Å². The molecule has 1 aromatic heterocycles. The van der Waals surface area contributed by atoms with Crippen molar-refractivity contribution in [2.75, 3.05) is 0 Å². The Balaban J connectivity index is 1.76. The van der Waals surface area contributed by atoms with E-state index in [-0.39, 0.29) is 11.4 Å². The predicted octanol–water partition coefficient (Wildman–Crippen LogP) is 3.60. The highest BCUT2D eigenvalue weighted by molar-refractivity contribution is 7.18. The first-order valence-electron chi connectivity index (χ1n) is 8.81. The van der Waals surface area contributed by atoms with E-state index in [1.807, 2.05) is 18.2 Å². The predicted molar refractivity (Wildman–Crippen MR) is 98.2 cm³/mol. The lowest BCUT2D eigenvalue weighted by molar-refractivity contribution is -0.156. The molecule has 2 N–H and O–H groups in total. The van der Waals surface area contributed by atoms with Crippen LogP contribution in [0, 0.1) is 5.41 Å². The number of primary amides is 1. The average molecular weight is 360 g/mol. The average Bonchev–Trinajstić information content (AvgIpc) is 2.96. The number of hydrogen-bond acceptors (Lipinski definition) is 5. The highest BCUT2D eigenvalue weighted by Gasteiger charge is 2.36. The zero-order chi connectivity index (χ0) is 17.9. The monoisotopic (exact) mass is 360 g/mol. The van der Waals surface area contributed by atoms with Gasteiger partial charge in [-0.15, -0.1) is 11.3 Å². The van der Waals surface area contributed by atoms with E-state index in [9.17, 15) is 9.59 Å². The highest BCUT2D eigenvalue weighted by Crippen LogP contribution is 2.43. The van der Waals surface area contributed by atoms with E-state index in [2.05, 4.69) is 6.07 Å². The number of carbonyl (C=O) groups is 2. The smallest absolute Gasteiger partial charge is 0.307 e. The van der Waals surface area contributed by atoms with Gasteiger partial charge in [-0.05, 0) is 37.3 Å². The van der Waals surface area contributed by atoms with Crippen LogP contribution in [0.15, 0.2) is 24.3 Å². The number of rotatable bonds is 6. The van der Waals surface area contributed by atoms with Crippen LogP contribution < -0.4 is 5.73 Å². The molecule has 0 radical (unpaired) electrons. The molecule has 1 fully saturated rings. The van der Waals surface area contributed by atoms with Gasteiger partial charge >= 0.3 is 5.97 Å². The standard InChI is InChI=1S/C19H24N2O3S/c1-13(18(20)23)24-17(22)12-19(9-5-2-6-10-19)11-16-21-14-7-3-4-8-15(14)25-16/h3-4,7-8,13H,2,5-6,9-12H2,1H3,(H2,20,23)/t13-/m0/s1. The third kappa shape index (κ3) is 4.37. The second-order valence-corrected chi connectivity index (χ2v) is 8.14. The Labute approximate surface area is 151 Å². The van der Waals surface area contributed by atoms with Gasteiger partial charge in [0.1, 0.15) is 0 Å². The van der Waals surface area contributed by atoms with Crippen molar-refractivity contribution in [1.82, 2.24) is 4.98 Å². The lowest BCUT2D eigenvalue weighted by atomic mass is 9.70. The molecule has 1 amide bonds. The molecular weight excluding hydrogens is 336 g/mol. The van der Waals surface area contributed by atoms with Gasteiger partial charge < -0.3 is 10.5 Å². The quantitative estimate of drug-likeness (QED) is 0.798. The lowest BCUT2D eigenvalue weighted by Gasteiger charge is -2.36. The first kappa shape index (κ1) is 17.9. The van der Waals surface area contributed by atoms with Crippen LogP contribution >= 0.6 is 11.3 Å². The summed E-state index contributed by atoms with van der Waals surface area (Å²) >= 11 is 1.70. The van der Waals surface area contributed by atoms with Crippen molar-refractivity contribution in [3.8, 4) is 0 Å². The number of nitrogens with two attached hydrogens (primary N) is 1. The van der Waals surface area contributed by atoms with E-state index in [1.54, 1.807) is 11.3 Å². The van der Waals surface area contributed by atoms with Crippen molar-refractivity contribution in [2.24, 2.45) is 11.1 Å². The van der Waals surface area contributed by atoms with Gasteiger partial charge in [-0.2, -0.15) is 0 Å². The molecule has 134 valence electrons. The van der Waals surface area contributed by atoms with Crippen LogP contribution in [0.2, 0.25) is 0 Å². The minimum atomic E-state index is -0.879. The maximum atomic E-state index is 12.3. The summed E-state index contributed by atoms with van der Waals surface area (Å²) < 4.78 is 6.38. The molecular formula is C19H24N2O3S. The molecule has 5 nitrogen and oxygen atoms in total. The van der Waals surface area contributed by atoms with Crippen molar-refractivity contribution in [2.45, 2.75) is 58.0 Å². The number of esters is 1. The number of benzene rings is 1. The summed E-state index contributed by atoms with van der Waals surface area (Å²) in [6.07, 6.45) is 5.64. The molecule has 3 rings (SSSR count). The van der Waals surface area contributed by atoms with Crippen LogP contribution in [0.1, 0.15) is 50.5 Å². The molecule has 2 aromatic rings. The van der Waals surface area contributed by atoms with Crippen molar-refractivity contribution in [1.29, 1.82) is 0 Å². The summed E-state index contributed by atoms with van der Waals surface area (Å²) in [5.41, 5.74) is 6.08. The fraction of sp³-hybridized carbons (Fsp3) is 0.526. The summed E-state index contributed by atoms with van der Waals surface area (Å²) in [6, 6.07) is 8.10. The Hall–Kier alpha value is -1.95. The molecule has 0 aliphatic heterocycles. The molecule has 25 heavy (non-hydrogen) atoms. The van der Waals surface area contributed by atoms with Crippen LogP contribution in [-0.2, 0) is 20.7 Å². The Bertz CT molecular complexity index is 732. The first-order valence-corrected chi connectivity index (χ1v) is 9.62. The molecule has 1 aromatic carbocycles. The Morgan fingerprint density at radius 3 is 2.68 bits per heavy atom. The SMILES string of the molecule is C[C@H](OC(=O)CC1(Cc2nc3ccccc3s2)CCCCC1)C(N)=O. The van der Waals surface area contributed by atoms with Crippen molar-refractivity contribution in [3.63, 3.8) is 0 Å². The van der Waals surface area contributed by atoms with Crippen LogP contribution in [0.4, 0.5) is 0 Å². The normalized spacial score (nSPS) is 18.0. The first-order chi connectivity index (χ1) is 12.0. The molecule has 1 atom stereocenters. The molecule has 6 heteroatoms. The number of thiazole rings is 1. The minimum absolute atomic E-state index is 0.124. The zero-order valence-electron chi connectivity index (χ0n) is 14.5. The number of hydrogen-bond donors (Lipinski definition) is 1. The molecule has 1 heterocycles. The van der Waals surface area contributed by atoms with Crippen LogP contribution in [-0.4, -0.2) is 23.0 Å². The van der Waals surface area contributed by atoms with Crippen molar-refractivity contribution in [3.05, 3.63) is 29.3 Å². The van der Waals surface area contributed by atoms with Gasteiger partial charge in [0.25, 0.3) is 5.91 Å². The van der Waals surface area contributed by atoms with Crippen molar-refractivity contribution < 1.29 is 14.3 Å². The van der Waals surface area contributed by atoms with Crippen LogP contribution in [0.5, 0.6) is 0 Å². The lowest BCUT2D eigenvalue weighted by Crippen LogP contribution is -2.35. The fourth-order valence-corrected chi connectivity index (χ4v) is 4.78. The van der Waals surface area contributed by atoms with E-state index in [4.69, 9.17) is 15.5 Å². The number of amides is 1. The number of ether oxygens (including phenoxy) is 1. The maximum Gasteiger partial charge on any atom is 0.307 e. The van der Waals surface area contributed by atoms with Crippen LogP contribution in [0.3, 0.4) is 0 Å². The topological polar surface area (TPSA) is 82.3 Å². The van der Waals surface area contributed by atoms with Gasteiger partial charge in [0.15, 0.2) is 6.10 Å². The summed E-state index contributed by atoms with van der Waals surface area (Å²) in [6.45, 7) is 1.52. The number of fused-ring (bicyclic) bond motifs is 1. The number of nitrogens with zero attached hydrogens (tertiary/aromatic N) is 1. The van der Waals surface area contributed by atoms with Gasteiger partial charge in [0.05, 0.1) is 21.6 Å². The molecule has 0 bridgehead atoms. The van der Waals surface area contributed by atoms with Crippen molar-refractivity contribution >= 4 is 33.4 Å². The van der Waals surface area contributed by atoms with Gasteiger partial charge in [0.2, 0.25) is 0 Å². The Morgan fingerprint density at radius 1 is 1.28 bits per heavy atom. The Morgan fingerprint density at radius 2 is 2.00 bits per heavy atom. The second kappa shape index (κ2) is 7.52.